The lowest BCUT2D eigenvalue weighted by molar-refractivity contribution is -0.144. The van der Waals surface area contributed by atoms with Gasteiger partial charge in [0.2, 0.25) is 0 Å². The molecule has 0 aromatic rings. The smallest absolute Gasteiger partial charge is 0.323 e. The summed E-state index contributed by atoms with van der Waals surface area (Å²) in [6.45, 7) is 5.69. The summed E-state index contributed by atoms with van der Waals surface area (Å²) in [6.07, 6.45) is 0. The second-order valence-electron chi connectivity index (χ2n) is 3.37. The minimum Gasteiger partial charge on any atom is -0.468 e. The van der Waals surface area contributed by atoms with Crippen LogP contribution in [0.4, 0.5) is 0 Å². The number of carbonyl (C=O) groups is 1. The fraction of sp³-hybridized carbons (Fsp3) is 0.857. The molecule has 0 saturated carbocycles. The molecule has 0 aliphatic carbocycles. The van der Waals surface area contributed by atoms with Crippen molar-refractivity contribution < 1.29 is 9.53 Å². The van der Waals surface area contributed by atoms with Crippen molar-refractivity contribution >= 4 is 5.97 Å². The van der Waals surface area contributed by atoms with Crippen LogP contribution in [0.15, 0.2) is 0 Å². The Morgan fingerprint density at radius 1 is 1.50 bits per heavy atom. The lowest BCUT2D eigenvalue weighted by atomic mass is 9.88. The van der Waals surface area contributed by atoms with E-state index in [-0.39, 0.29) is 11.4 Å². The molecule has 2 N–H and O–H groups in total. The lowest BCUT2D eigenvalue weighted by Gasteiger charge is -2.23. The molecular formula is C7H15NO2. The van der Waals surface area contributed by atoms with Crippen molar-refractivity contribution in [2.75, 3.05) is 7.11 Å². The molecule has 3 heteroatoms. The fourth-order valence-electron chi connectivity index (χ4n) is 0.481. The normalized spacial score (nSPS) is 14.5. The third kappa shape index (κ3) is 2.35. The van der Waals surface area contributed by atoms with Gasteiger partial charge in [-0.2, -0.15) is 0 Å². The van der Waals surface area contributed by atoms with Gasteiger partial charge in [0.1, 0.15) is 6.04 Å². The van der Waals surface area contributed by atoms with E-state index in [0.29, 0.717) is 0 Å². The van der Waals surface area contributed by atoms with Crippen molar-refractivity contribution in [2.24, 2.45) is 11.1 Å². The Labute approximate surface area is 61.5 Å². The van der Waals surface area contributed by atoms with Gasteiger partial charge in [-0.1, -0.05) is 20.8 Å². The van der Waals surface area contributed by atoms with Crippen molar-refractivity contribution in [3.05, 3.63) is 0 Å². The van der Waals surface area contributed by atoms with Crippen molar-refractivity contribution in [3.63, 3.8) is 0 Å². The van der Waals surface area contributed by atoms with Crippen molar-refractivity contribution in [1.82, 2.24) is 0 Å². The highest BCUT2D eigenvalue weighted by Gasteiger charge is 2.27. The second kappa shape index (κ2) is 3.01. The third-order valence-electron chi connectivity index (χ3n) is 1.39. The van der Waals surface area contributed by atoms with Crippen LogP contribution in [-0.4, -0.2) is 19.1 Å². The molecule has 0 aromatic carbocycles. The van der Waals surface area contributed by atoms with Crippen LogP contribution in [0, 0.1) is 5.41 Å². The summed E-state index contributed by atoms with van der Waals surface area (Å²) in [5, 5.41) is 0. The zero-order chi connectivity index (χ0) is 8.36. The number of esters is 1. The van der Waals surface area contributed by atoms with Crippen LogP contribution in [0.3, 0.4) is 0 Å². The largest absolute Gasteiger partial charge is 0.468 e. The van der Waals surface area contributed by atoms with Crippen molar-refractivity contribution in [2.45, 2.75) is 26.8 Å². The maximum Gasteiger partial charge on any atom is 0.323 e. The molecule has 0 unspecified atom stereocenters. The van der Waals surface area contributed by atoms with Crippen LogP contribution < -0.4 is 5.73 Å². The van der Waals surface area contributed by atoms with Crippen molar-refractivity contribution in [1.29, 1.82) is 0 Å². The van der Waals surface area contributed by atoms with Gasteiger partial charge in [-0.05, 0) is 5.41 Å². The molecule has 10 heavy (non-hydrogen) atoms. The van der Waals surface area contributed by atoms with Gasteiger partial charge in [-0.3, -0.25) is 4.79 Å². The van der Waals surface area contributed by atoms with E-state index in [2.05, 4.69) is 4.74 Å². The summed E-state index contributed by atoms with van der Waals surface area (Å²) in [5.41, 5.74) is 5.32. The molecule has 3 nitrogen and oxygen atoms in total. The SMILES string of the molecule is COC(=O)[C@H](N)C(C)(C)C. The summed E-state index contributed by atoms with van der Waals surface area (Å²) in [5.74, 6) is -0.354. The summed E-state index contributed by atoms with van der Waals surface area (Å²) in [7, 11) is 1.34. The molecule has 0 aliphatic rings. The third-order valence-corrected chi connectivity index (χ3v) is 1.39. The maximum atomic E-state index is 10.8. The monoisotopic (exact) mass is 145 g/mol. The second-order valence-corrected chi connectivity index (χ2v) is 3.37. The summed E-state index contributed by atoms with van der Waals surface area (Å²) < 4.78 is 4.47. The first kappa shape index (κ1) is 9.43. The number of rotatable bonds is 1. The average Bonchev–Trinajstić information content (AvgIpc) is 1.83. The highest BCUT2D eigenvalue weighted by molar-refractivity contribution is 5.76. The molecule has 0 amide bonds. The van der Waals surface area contributed by atoms with Gasteiger partial charge >= 0.3 is 5.97 Å². The van der Waals surface area contributed by atoms with E-state index in [4.69, 9.17) is 5.73 Å². The van der Waals surface area contributed by atoms with Crippen LogP contribution in [0.1, 0.15) is 20.8 Å². The molecule has 60 valence electrons. The average molecular weight is 145 g/mol. The predicted molar refractivity (Wildman–Crippen MR) is 39.4 cm³/mol. The fourth-order valence-corrected chi connectivity index (χ4v) is 0.481. The minimum atomic E-state index is -0.530. The summed E-state index contributed by atoms with van der Waals surface area (Å²) >= 11 is 0. The number of nitrogens with two attached hydrogens (primary N) is 1. The minimum absolute atomic E-state index is 0.215. The predicted octanol–water partition coefficient (Wildman–Crippen LogP) is 0.533. The van der Waals surface area contributed by atoms with E-state index < -0.39 is 6.04 Å². The topological polar surface area (TPSA) is 52.3 Å². The molecule has 0 fully saturated rings. The zero-order valence-electron chi connectivity index (χ0n) is 6.97. The molecule has 0 aromatic heterocycles. The van der Waals surface area contributed by atoms with Crippen LogP contribution in [0.5, 0.6) is 0 Å². The highest BCUT2D eigenvalue weighted by atomic mass is 16.5. The number of hydrogen-bond acceptors (Lipinski definition) is 3. The van der Waals surface area contributed by atoms with E-state index >= 15 is 0 Å². The van der Waals surface area contributed by atoms with Gasteiger partial charge < -0.3 is 10.5 Å². The molecule has 0 heterocycles. The standard InChI is InChI=1S/C7H15NO2/c1-7(2,3)5(8)6(9)10-4/h5H,8H2,1-4H3/t5-/m0/s1. The van der Waals surface area contributed by atoms with Crippen LogP contribution in [-0.2, 0) is 9.53 Å². The Kier molecular flexibility index (Phi) is 2.84. The Morgan fingerprint density at radius 3 is 2.00 bits per heavy atom. The first-order valence-corrected chi connectivity index (χ1v) is 3.23. The van der Waals surface area contributed by atoms with Gasteiger partial charge in [0.05, 0.1) is 7.11 Å². The molecule has 0 spiro atoms. The molecule has 0 aliphatic heterocycles. The van der Waals surface area contributed by atoms with Gasteiger partial charge in [0, 0.05) is 0 Å². The first-order valence-electron chi connectivity index (χ1n) is 3.23. The number of methoxy groups -OCH3 is 1. The summed E-state index contributed by atoms with van der Waals surface area (Å²) in [4.78, 5) is 10.8. The quantitative estimate of drug-likeness (QED) is 0.548. The van der Waals surface area contributed by atoms with Crippen LogP contribution >= 0.6 is 0 Å². The summed E-state index contributed by atoms with van der Waals surface area (Å²) in [6, 6.07) is -0.530. The molecular weight excluding hydrogens is 130 g/mol. The van der Waals surface area contributed by atoms with Gasteiger partial charge in [0.15, 0.2) is 0 Å². The van der Waals surface area contributed by atoms with E-state index in [0.717, 1.165) is 0 Å². The zero-order valence-corrected chi connectivity index (χ0v) is 6.97. The molecule has 0 rings (SSSR count). The Bertz CT molecular complexity index is 126. The Balaban J connectivity index is 4.08. The van der Waals surface area contributed by atoms with Gasteiger partial charge in [-0.15, -0.1) is 0 Å². The van der Waals surface area contributed by atoms with Crippen LogP contribution in [0.25, 0.3) is 0 Å². The van der Waals surface area contributed by atoms with E-state index in [1.807, 2.05) is 20.8 Å². The molecule has 0 radical (unpaired) electrons. The van der Waals surface area contributed by atoms with Crippen molar-refractivity contribution in [3.8, 4) is 0 Å². The van der Waals surface area contributed by atoms with Gasteiger partial charge in [0.25, 0.3) is 0 Å². The van der Waals surface area contributed by atoms with Crippen LogP contribution in [0.2, 0.25) is 0 Å². The molecule has 1 atom stereocenters. The first-order chi connectivity index (χ1) is 4.39. The number of carbonyl (C=O) groups excluding carboxylic acids is 1. The highest BCUT2D eigenvalue weighted by Crippen LogP contribution is 2.17. The van der Waals surface area contributed by atoms with E-state index in [1.165, 1.54) is 7.11 Å². The maximum absolute atomic E-state index is 10.8. The Hall–Kier alpha value is -0.570. The molecule has 0 saturated heterocycles. The lowest BCUT2D eigenvalue weighted by Crippen LogP contribution is -2.42. The number of hydrogen-bond donors (Lipinski definition) is 1. The van der Waals surface area contributed by atoms with E-state index in [1.54, 1.807) is 0 Å². The van der Waals surface area contributed by atoms with Gasteiger partial charge in [-0.25, -0.2) is 0 Å². The van der Waals surface area contributed by atoms with E-state index in [9.17, 15) is 4.79 Å². The Morgan fingerprint density at radius 2 is 1.90 bits per heavy atom. The number of ether oxygens (including phenoxy) is 1. The molecule has 0 bridgehead atoms.